The van der Waals surface area contributed by atoms with E-state index >= 15 is 0 Å². The van der Waals surface area contributed by atoms with Gasteiger partial charge in [0.05, 0.1) is 18.6 Å². The summed E-state index contributed by atoms with van der Waals surface area (Å²) in [5.74, 6) is -0.328. The Kier molecular flexibility index (Phi) is 4.28. The molecular formula is C14H25NO3. The topological polar surface area (TPSA) is 49.8 Å². The molecule has 4 heteroatoms. The highest BCUT2D eigenvalue weighted by Crippen LogP contribution is 2.42. The summed E-state index contributed by atoms with van der Waals surface area (Å²) in [5.41, 5.74) is -0.838. The molecule has 0 amide bonds. The van der Waals surface area contributed by atoms with Crippen molar-refractivity contribution < 1.29 is 14.6 Å². The number of carbonyl (C=O) groups excluding carboxylic acids is 1. The number of carbonyl (C=O) groups is 1. The number of esters is 1. The predicted molar refractivity (Wildman–Crippen MR) is 69.1 cm³/mol. The lowest BCUT2D eigenvalue weighted by Crippen LogP contribution is -2.54. The Morgan fingerprint density at radius 1 is 1.56 bits per heavy atom. The fraction of sp³-hybridized carbons (Fsp3) is 0.929. The number of aliphatic hydroxyl groups is 1. The molecule has 2 saturated heterocycles. The van der Waals surface area contributed by atoms with E-state index in [1.807, 2.05) is 0 Å². The van der Waals surface area contributed by atoms with Crippen molar-refractivity contribution in [2.75, 3.05) is 26.7 Å². The number of rotatable bonds is 5. The van der Waals surface area contributed by atoms with Crippen LogP contribution in [0.25, 0.3) is 0 Å². The zero-order valence-corrected chi connectivity index (χ0v) is 11.5. The van der Waals surface area contributed by atoms with Gasteiger partial charge in [0, 0.05) is 19.0 Å². The third-order valence-corrected chi connectivity index (χ3v) is 4.74. The van der Waals surface area contributed by atoms with Crippen molar-refractivity contribution >= 4 is 5.97 Å². The van der Waals surface area contributed by atoms with E-state index in [1.165, 1.54) is 7.11 Å². The quantitative estimate of drug-likeness (QED) is 0.755. The zero-order valence-electron chi connectivity index (χ0n) is 11.5. The van der Waals surface area contributed by atoms with Crippen molar-refractivity contribution in [1.82, 2.24) is 4.90 Å². The smallest absolute Gasteiger partial charge is 0.311 e. The third-order valence-electron chi connectivity index (χ3n) is 4.74. The number of unbranched alkanes of at least 4 members (excludes halogenated alkanes) is 1. The van der Waals surface area contributed by atoms with Crippen molar-refractivity contribution in [3.8, 4) is 0 Å². The largest absolute Gasteiger partial charge is 0.469 e. The van der Waals surface area contributed by atoms with Crippen LogP contribution in [0.1, 0.15) is 39.0 Å². The molecule has 1 N–H and O–H groups in total. The molecule has 2 rings (SSSR count). The van der Waals surface area contributed by atoms with Crippen LogP contribution in [0.4, 0.5) is 0 Å². The van der Waals surface area contributed by atoms with E-state index in [0.717, 1.165) is 45.3 Å². The van der Waals surface area contributed by atoms with Gasteiger partial charge in [0.1, 0.15) is 0 Å². The van der Waals surface area contributed by atoms with Gasteiger partial charge in [0.25, 0.3) is 0 Å². The fourth-order valence-electron chi connectivity index (χ4n) is 3.57. The first-order valence-electron chi connectivity index (χ1n) is 7.14. The van der Waals surface area contributed by atoms with Crippen molar-refractivity contribution in [2.24, 2.45) is 11.8 Å². The van der Waals surface area contributed by atoms with Crippen molar-refractivity contribution in [3.05, 3.63) is 0 Å². The van der Waals surface area contributed by atoms with Gasteiger partial charge < -0.3 is 14.7 Å². The Bertz CT molecular complexity index is 307. The van der Waals surface area contributed by atoms with Crippen LogP contribution < -0.4 is 0 Å². The highest BCUT2D eigenvalue weighted by molar-refractivity contribution is 5.73. The lowest BCUT2D eigenvalue weighted by atomic mass is 9.71. The van der Waals surface area contributed by atoms with Crippen LogP contribution in [-0.2, 0) is 9.53 Å². The standard InChI is InChI=1S/C14H25NO3/c1-3-4-5-12(13(16)18-2)14(17)7-9-15-8-6-11(14)10-15/h11-12,17H,3-10H2,1-2H3. The fourth-order valence-corrected chi connectivity index (χ4v) is 3.57. The van der Waals surface area contributed by atoms with Crippen LogP contribution >= 0.6 is 0 Å². The summed E-state index contributed by atoms with van der Waals surface area (Å²) in [4.78, 5) is 14.4. The number of methoxy groups -OCH3 is 1. The van der Waals surface area contributed by atoms with Gasteiger partial charge in [-0.1, -0.05) is 19.8 Å². The van der Waals surface area contributed by atoms with E-state index in [2.05, 4.69) is 11.8 Å². The summed E-state index contributed by atoms with van der Waals surface area (Å²) in [5, 5.41) is 11.0. The summed E-state index contributed by atoms with van der Waals surface area (Å²) in [6.45, 7) is 5.02. The van der Waals surface area contributed by atoms with Gasteiger partial charge in [-0.2, -0.15) is 0 Å². The Hall–Kier alpha value is -0.610. The number of hydrogen-bond donors (Lipinski definition) is 1. The molecule has 0 aromatic heterocycles. The van der Waals surface area contributed by atoms with E-state index in [0.29, 0.717) is 6.42 Å². The number of nitrogens with zero attached hydrogens (tertiary/aromatic N) is 1. The van der Waals surface area contributed by atoms with Crippen molar-refractivity contribution in [1.29, 1.82) is 0 Å². The van der Waals surface area contributed by atoms with Gasteiger partial charge in [-0.3, -0.25) is 4.79 Å². The number of hydrogen-bond acceptors (Lipinski definition) is 4. The highest BCUT2D eigenvalue weighted by Gasteiger charge is 2.52. The van der Waals surface area contributed by atoms with E-state index in [1.54, 1.807) is 0 Å². The molecule has 0 spiro atoms. The summed E-state index contributed by atoms with van der Waals surface area (Å²) >= 11 is 0. The number of ether oxygens (including phenoxy) is 1. The molecule has 4 atom stereocenters. The second-order valence-corrected chi connectivity index (χ2v) is 5.75. The molecule has 0 saturated carbocycles. The molecule has 0 aromatic carbocycles. The minimum atomic E-state index is -0.838. The lowest BCUT2D eigenvalue weighted by Gasteiger charge is -2.43. The van der Waals surface area contributed by atoms with E-state index in [4.69, 9.17) is 4.74 Å². The molecule has 2 heterocycles. The van der Waals surface area contributed by atoms with Crippen LogP contribution in [0.3, 0.4) is 0 Å². The van der Waals surface area contributed by atoms with Gasteiger partial charge >= 0.3 is 5.97 Å². The highest BCUT2D eigenvalue weighted by atomic mass is 16.5. The van der Waals surface area contributed by atoms with Crippen LogP contribution in [0.5, 0.6) is 0 Å². The Balaban J connectivity index is 2.14. The molecular weight excluding hydrogens is 230 g/mol. The lowest BCUT2D eigenvalue weighted by molar-refractivity contribution is -0.165. The van der Waals surface area contributed by atoms with Gasteiger partial charge in [0.2, 0.25) is 0 Å². The minimum Gasteiger partial charge on any atom is -0.469 e. The van der Waals surface area contributed by atoms with E-state index in [-0.39, 0.29) is 17.8 Å². The van der Waals surface area contributed by atoms with Gasteiger partial charge in [-0.15, -0.1) is 0 Å². The first-order chi connectivity index (χ1) is 8.61. The van der Waals surface area contributed by atoms with E-state index in [9.17, 15) is 9.90 Å². The zero-order chi connectivity index (χ0) is 13.2. The molecule has 2 aliphatic heterocycles. The maximum atomic E-state index is 12.0. The SMILES string of the molecule is CCCCC(C(=O)OC)C1(O)CCN2CCC1C2. The predicted octanol–water partition coefficient (Wildman–Crippen LogP) is 1.42. The third kappa shape index (κ3) is 2.41. The number of piperidine rings is 1. The van der Waals surface area contributed by atoms with Crippen LogP contribution in [0.15, 0.2) is 0 Å². The van der Waals surface area contributed by atoms with Crippen LogP contribution in [0, 0.1) is 11.8 Å². The van der Waals surface area contributed by atoms with Crippen molar-refractivity contribution in [3.63, 3.8) is 0 Å². The Labute approximate surface area is 109 Å². The summed E-state index contributed by atoms with van der Waals surface area (Å²) < 4.78 is 4.92. The molecule has 0 radical (unpaired) electrons. The maximum absolute atomic E-state index is 12.0. The summed E-state index contributed by atoms with van der Waals surface area (Å²) in [7, 11) is 1.43. The second kappa shape index (κ2) is 5.57. The number of fused-ring (bicyclic) bond motifs is 2. The van der Waals surface area contributed by atoms with Gasteiger partial charge in [-0.25, -0.2) is 0 Å². The Morgan fingerprint density at radius 2 is 2.33 bits per heavy atom. The minimum absolute atomic E-state index is 0.230. The Morgan fingerprint density at radius 3 is 3.00 bits per heavy atom. The van der Waals surface area contributed by atoms with E-state index < -0.39 is 5.60 Å². The second-order valence-electron chi connectivity index (χ2n) is 5.75. The summed E-state index contributed by atoms with van der Waals surface area (Å²) in [6, 6.07) is 0. The average Bonchev–Trinajstić information content (AvgIpc) is 2.80. The van der Waals surface area contributed by atoms with Crippen LogP contribution in [0.2, 0.25) is 0 Å². The molecule has 2 fully saturated rings. The van der Waals surface area contributed by atoms with Crippen LogP contribution in [-0.4, -0.2) is 48.3 Å². The molecule has 0 aliphatic carbocycles. The molecule has 4 unspecified atom stereocenters. The first kappa shape index (κ1) is 13.8. The molecule has 4 nitrogen and oxygen atoms in total. The first-order valence-corrected chi connectivity index (χ1v) is 7.14. The summed E-state index contributed by atoms with van der Waals surface area (Å²) in [6.07, 6.45) is 4.48. The molecule has 0 aromatic rings. The average molecular weight is 255 g/mol. The van der Waals surface area contributed by atoms with Gasteiger partial charge in [0.15, 0.2) is 0 Å². The normalized spacial score (nSPS) is 36.4. The molecule has 104 valence electrons. The maximum Gasteiger partial charge on any atom is 0.311 e. The van der Waals surface area contributed by atoms with Gasteiger partial charge in [-0.05, 0) is 25.8 Å². The molecule has 2 aliphatic rings. The molecule has 2 bridgehead atoms. The van der Waals surface area contributed by atoms with Crippen molar-refractivity contribution in [2.45, 2.75) is 44.6 Å². The molecule has 18 heavy (non-hydrogen) atoms. The monoisotopic (exact) mass is 255 g/mol.